The second-order valence-electron chi connectivity index (χ2n) is 11.5. The van der Waals surface area contributed by atoms with Gasteiger partial charge in [-0.25, -0.2) is 8.42 Å². The van der Waals surface area contributed by atoms with Crippen LogP contribution in [0.2, 0.25) is 15.1 Å². The van der Waals surface area contributed by atoms with Crippen molar-refractivity contribution in [3.63, 3.8) is 0 Å². The molecule has 248 valence electrons. The van der Waals surface area contributed by atoms with Crippen LogP contribution in [0.15, 0.2) is 95.9 Å². The third kappa shape index (κ3) is 9.08. The van der Waals surface area contributed by atoms with Gasteiger partial charge in [-0.15, -0.1) is 0 Å². The highest BCUT2D eigenvalue weighted by Crippen LogP contribution is 2.31. The number of anilines is 1. The highest BCUT2D eigenvalue weighted by atomic mass is 35.5. The lowest BCUT2D eigenvalue weighted by Gasteiger charge is -2.35. The summed E-state index contributed by atoms with van der Waals surface area (Å²) in [7, 11) is -4.26. The number of nitrogens with zero attached hydrogens (tertiary/aromatic N) is 2. The fourth-order valence-corrected chi connectivity index (χ4v) is 7.32. The summed E-state index contributed by atoms with van der Waals surface area (Å²) in [5.41, 5.74) is 2.97. The predicted molar refractivity (Wildman–Crippen MR) is 191 cm³/mol. The Morgan fingerprint density at radius 1 is 0.851 bits per heavy atom. The molecule has 0 radical (unpaired) electrons. The molecule has 2 amide bonds. The molecule has 0 saturated heterocycles. The first-order chi connectivity index (χ1) is 22.3. The van der Waals surface area contributed by atoms with Crippen molar-refractivity contribution >= 4 is 62.3 Å². The molecule has 4 aromatic rings. The summed E-state index contributed by atoms with van der Waals surface area (Å²) in [6, 6.07) is 24.3. The molecule has 0 aliphatic heterocycles. The van der Waals surface area contributed by atoms with Crippen LogP contribution in [0.3, 0.4) is 0 Å². The summed E-state index contributed by atoms with van der Waals surface area (Å²) < 4.78 is 29.6. The van der Waals surface area contributed by atoms with Crippen molar-refractivity contribution in [3.8, 4) is 0 Å². The van der Waals surface area contributed by atoms with Gasteiger partial charge in [-0.1, -0.05) is 95.8 Å². The van der Waals surface area contributed by atoms with Crippen LogP contribution < -0.4 is 9.62 Å². The normalized spacial score (nSPS) is 12.7. The molecule has 4 rings (SSSR count). The van der Waals surface area contributed by atoms with E-state index in [0.717, 1.165) is 15.4 Å². The lowest BCUT2D eigenvalue weighted by atomic mass is 10.0. The van der Waals surface area contributed by atoms with Gasteiger partial charge >= 0.3 is 0 Å². The van der Waals surface area contributed by atoms with E-state index in [1.807, 2.05) is 51.1 Å². The van der Waals surface area contributed by atoms with Gasteiger partial charge in [0, 0.05) is 39.6 Å². The molecule has 47 heavy (non-hydrogen) atoms. The Kier molecular flexibility index (Phi) is 12.4. The molecule has 0 aliphatic carbocycles. The lowest BCUT2D eigenvalue weighted by molar-refractivity contribution is -0.140. The van der Waals surface area contributed by atoms with Crippen molar-refractivity contribution in [1.82, 2.24) is 10.2 Å². The van der Waals surface area contributed by atoms with E-state index in [4.69, 9.17) is 34.8 Å². The highest BCUT2D eigenvalue weighted by molar-refractivity contribution is 7.92. The monoisotopic (exact) mass is 713 g/mol. The molecular formula is C36H38Cl3N3O4S. The molecule has 0 saturated carbocycles. The van der Waals surface area contributed by atoms with Crippen molar-refractivity contribution in [2.45, 2.75) is 64.1 Å². The van der Waals surface area contributed by atoms with Gasteiger partial charge in [0.05, 0.1) is 10.6 Å². The van der Waals surface area contributed by atoms with Gasteiger partial charge < -0.3 is 10.2 Å². The molecule has 1 N–H and O–H groups in total. The van der Waals surface area contributed by atoms with E-state index in [1.165, 1.54) is 17.0 Å². The number of carbonyl (C=O) groups excluding carboxylic acids is 2. The van der Waals surface area contributed by atoms with E-state index < -0.39 is 28.5 Å². The first-order valence-electron chi connectivity index (χ1n) is 15.2. The van der Waals surface area contributed by atoms with Crippen LogP contribution in [0.4, 0.5) is 5.69 Å². The number of hydrogen-bond donors (Lipinski definition) is 1. The van der Waals surface area contributed by atoms with Crippen molar-refractivity contribution < 1.29 is 18.0 Å². The number of halogens is 3. The Hall–Kier alpha value is -3.56. The minimum atomic E-state index is -4.26. The van der Waals surface area contributed by atoms with Crippen LogP contribution in [0.5, 0.6) is 0 Å². The molecule has 0 spiro atoms. The predicted octanol–water partition coefficient (Wildman–Crippen LogP) is 8.01. The number of hydrogen-bond acceptors (Lipinski definition) is 4. The average Bonchev–Trinajstić information content (AvgIpc) is 3.03. The van der Waals surface area contributed by atoms with Crippen molar-refractivity contribution in [1.29, 1.82) is 0 Å². The molecule has 0 fully saturated rings. The maximum atomic E-state index is 14.7. The van der Waals surface area contributed by atoms with Crippen LogP contribution >= 0.6 is 34.8 Å². The standard InChI is InChI=1S/C36H38Cl3N3O4S/c1-5-26(4)40-36(44)34(21-27-10-7-6-8-11-27)41(22-30-31(38)12-9-13-32(30)39)35(43)23-42(33-19-16-28(37)20-25(33)3)47(45,46)29-17-14-24(2)15-18-29/h6-20,26,34H,5,21-23H2,1-4H3,(H,40,44). The van der Waals surface area contributed by atoms with Gasteiger partial charge in [-0.05, 0) is 80.8 Å². The van der Waals surface area contributed by atoms with Gasteiger partial charge in [0.15, 0.2) is 0 Å². The second kappa shape index (κ2) is 16.0. The molecule has 0 aromatic heterocycles. The van der Waals surface area contributed by atoms with Crippen molar-refractivity contribution in [3.05, 3.63) is 128 Å². The third-order valence-corrected chi connectivity index (χ3v) is 10.7. The lowest BCUT2D eigenvalue weighted by Crippen LogP contribution is -2.54. The first kappa shape index (κ1) is 36.3. The number of sulfonamides is 1. The number of aryl methyl sites for hydroxylation is 2. The van der Waals surface area contributed by atoms with E-state index in [0.29, 0.717) is 32.6 Å². The van der Waals surface area contributed by atoms with Gasteiger partial charge in [0.1, 0.15) is 12.6 Å². The SMILES string of the molecule is CCC(C)NC(=O)C(Cc1ccccc1)N(Cc1c(Cl)cccc1Cl)C(=O)CN(c1ccc(Cl)cc1C)S(=O)(=O)c1ccc(C)cc1. The number of carbonyl (C=O) groups is 2. The molecule has 0 heterocycles. The Labute approximate surface area is 292 Å². The van der Waals surface area contributed by atoms with Crippen LogP contribution in [0.25, 0.3) is 0 Å². The van der Waals surface area contributed by atoms with Gasteiger partial charge in [0.2, 0.25) is 11.8 Å². The number of benzene rings is 4. The zero-order valence-electron chi connectivity index (χ0n) is 26.7. The van der Waals surface area contributed by atoms with Gasteiger partial charge in [-0.3, -0.25) is 13.9 Å². The van der Waals surface area contributed by atoms with E-state index in [2.05, 4.69) is 5.32 Å². The highest BCUT2D eigenvalue weighted by Gasteiger charge is 2.36. The van der Waals surface area contributed by atoms with E-state index >= 15 is 0 Å². The molecular weight excluding hydrogens is 677 g/mol. The van der Waals surface area contributed by atoms with Crippen LogP contribution in [0.1, 0.15) is 42.5 Å². The minimum absolute atomic E-state index is 0.0151. The quantitative estimate of drug-likeness (QED) is 0.152. The summed E-state index contributed by atoms with van der Waals surface area (Å²) in [4.78, 5) is 30.1. The maximum Gasteiger partial charge on any atom is 0.264 e. The van der Waals surface area contributed by atoms with E-state index in [-0.39, 0.29) is 35.5 Å². The Bertz CT molecular complexity index is 1800. The fraction of sp³-hybridized carbons (Fsp3) is 0.278. The largest absolute Gasteiger partial charge is 0.352 e. The van der Waals surface area contributed by atoms with E-state index in [9.17, 15) is 18.0 Å². The smallest absolute Gasteiger partial charge is 0.264 e. The molecule has 4 aromatic carbocycles. The number of nitrogens with one attached hydrogen (secondary N) is 1. The summed E-state index contributed by atoms with van der Waals surface area (Å²) in [6.07, 6.45) is 0.841. The second-order valence-corrected chi connectivity index (χ2v) is 14.6. The molecule has 7 nitrogen and oxygen atoms in total. The van der Waals surface area contributed by atoms with Crippen LogP contribution in [-0.2, 0) is 32.6 Å². The van der Waals surface area contributed by atoms with Crippen LogP contribution in [0, 0.1) is 13.8 Å². The maximum absolute atomic E-state index is 14.7. The summed E-state index contributed by atoms with van der Waals surface area (Å²) >= 11 is 19.4. The average molecular weight is 715 g/mol. The molecule has 2 unspecified atom stereocenters. The Morgan fingerprint density at radius 2 is 1.49 bits per heavy atom. The van der Waals surface area contributed by atoms with Gasteiger partial charge in [0.25, 0.3) is 10.0 Å². The summed E-state index contributed by atoms with van der Waals surface area (Å²) in [6.45, 7) is 6.67. The summed E-state index contributed by atoms with van der Waals surface area (Å²) in [5, 5.41) is 4.07. The third-order valence-electron chi connectivity index (χ3n) is 7.98. The molecule has 2 atom stereocenters. The van der Waals surface area contributed by atoms with Crippen molar-refractivity contribution in [2.75, 3.05) is 10.8 Å². The minimum Gasteiger partial charge on any atom is -0.352 e. The van der Waals surface area contributed by atoms with E-state index in [1.54, 1.807) is 55.5 Å². The Balaban J connectivity index is 1.87. The first-order valence-corrected chi connectivity index (χ1v) is 17.8. The van der Waals surface area contributed by atoms with Crippen molar-refractivity contribution in [2.24, 2.45) is 0 Å². The topological polar surface area (TPSA) is 86.8 Å². The number of amides is 2. The molecule has 0 bridgehead atoms. The summed E-state index contributed by atoms with van der Waals surface area (Å²) in [5.74, 6) is -0.999. The van der Waals surface area contributed by atoms with Crippen LogP contribution in [-0.4, -0.2) is 43.8 Å². The molecule has 11 heteroatoms. The molecule has 0 aliphatic rings. The number of rotatable bonds is 13. The fourth-order valence-electron chi connectivity index (χ4n) is 5.10. The van der Waals surface area contributed by atoms with Gasteiger partial charge in [-0.2, -0.15) is 0 Å². The zero-order valence-corrected chi connectivity index (χ0v) is 29.8. The zero-order chi connectivity index (χ0) is 34.3. The Morgan fingerprint density at radius 3 is 2.09 bits per heavy atom.